The van der Waals surface area contributed by atoms with Gasteiger partial charge in [-0.3, -0.25) is 0 Å². The normalized spacial score (nSPS) is 13.5. The van der Waals surface area contributed by atoms with Crippen molar-refractivity contribution in [2.45, 2.75) is 26.3 Å². The van der Waals surface area contributed by atoms with Crippen molar-refractivity contribution in [1.82, 2.24) is 0 Å². The third-order valence-electron chi connectivity index (χ3n) is 3.57. The van der Waals surface area contributed by atoms with E-state index in [0.717, 1.165) is 26.9 Å². The van der Waals surface area contributed by atoms with Crippen LogP contribution in [-0.4, -0.2) is 11.1 Å². The third-order valence-corrected chi connectivity index (χ3v) is 4.06. The highest BCUT2D eigenvalue weighted by Gasteiger charge is 2.36. The summed E-state index contributed by atoms with van der Waals surface area (Å²) in [5.74, 6) is -0.908. The molecule has 110 valence electrons. The monoisotopic (exact) mass is 347 g/mol. The lowest BCUT2D eigenvalue weighted by atomic mass is 9.87. The van der Waals surface area contributed by atoms with Gasteiger partial charge < -0.3 is 10.4 Å². The molecule has 0 saturated heterocycles. The Bertz CT molecular complexity index is 684. The van der Waals surface area contributed by atoms with E-state index in [0.29, 0.717) is 0 Å². The number of anilines is 1. The fourth-order valence-electron chi connectivity index (χ4n) is 2.47. The molecule has 1 atom stereocenters. The fraction of sp³-hybridized carbons (Fsp3) is 0.235. The Hall–Kier alpha value is -1.81. The van der Waals surface area contributed by atoms with E-state index < -0.39 is 11.5 Å². The van der Waals surface area contributed by atoms with Gasteiger partial charge in [-0.25, -0.2) is 4.79 Å². The van der Waals surface area contributed by atoms with Gasteiger partial charge in [0.2, 0.25) is 0 Å². The molecule has 0 radical (unpaired) electrons. The largest absolute Gasteiger partial charge is 0.479 e. The van der Waals surface area contributed by atoms with Crippen molar-refractivity contribution in [1.29, 1.82) is 0 Å². The molecule has 2 N–H and O–H groups in total. The van der Waals surface area contributed by atoms with Crippen molar-refractivity contribution < 1.29 is 9.90 Å². The summed E-state index contributed by atoms with van der Waals surface area (Å²) in [6.45, 7) is 5.62. The topological polar surface area (TPSA) is 49.3 Å². The van der Waals surface area contributed by atoms with Gasteiger partial charge >= 0.3 is 5.97 Å². The van der Waals surface area contributed by atoms with Gasteiger partial charge in [-0.05, 0) is 50.1 Å². The molecule has 0 amide bonds. The number of carboxylic acids is 1. The van der Waals surface area contributed by atoms with Gasteiger partial charge in [0.05, 0.1) is 0 Å². The Morgan fingerprint density at radius 2 is 1.90 bits per heavy atom. The quantitative estimate of drug-likeness (QED) is 0.857. The van der Waals surface area contributed by atoms with Crippen LogP contribution in [0.15, 0.2) is 46.9 Å². The predicted molar refractivity (Wildman–Crippen MR) is 88.7 cm³/mol. The molecule has 0 fully saturated rings. The van der Waals surface area contributed by atoms with Crippen LogP contribution in [0.1, 0.15) is 23.6 Å². The van der Waals surface area contributed by atoms with Crippen LogP contribution in [0.2, 0.25) is 0 Å². The number of rotatable bonds is 4. The molecule has 0 heterocycles. The summed E-state index contributed by atoms with van der Waals surface area (Å²) in [6.07, 6.45) is 0. The molecule has 2 rings (SSSR count). The second-order valence-corrected chi connectivity index (χ2v) is 6.30. The van der Waals surface area contributed by atoms with Crippen molar-refractivity contribution in [2.24, 2.45) is 0 Å². The zero-order valence-electron chi connectivity index (χ0n) is 12.3. The molecule has 0 saturated carbocycles. The van der Waals surface area contributed by atoms with Crippen LogP contribution in [0.4, 0.5) is 5.69 Å². The Morgan fingerprint density at radius 1 is 1.19 bits per heavy atom. The minimum absolute atomic E-state index is 0.759. The summed E-state index contributed by atoms with van der Waals surface area (Å²) >= 11 is 3.40. The summed E-state index contributed by atoms with van der Waals surface area (Å²) < 4.78 is 0.904. The van der Waals surface area contributed by atoms with Crippen LogP contribution in [0.25, 0.3) is 0 Å². The predicted octanol–water partition coefficient (Wildman–Crippen LogP) is 4.48. The van der Waals surface area contributed by atoms with Crippen LogP contribution in [0.3, 0.4) is 0 Å². The lowest BCUT2D eigenvalue weighted by molar-refractivity contribution is -0.142. The molecule has 1 unspecified atom stereocenters. The zero-order valence-corrected chi connectivity index (χ0v) is 13.9. The Morgan fingerprint density at radius 3 is 2.48 bits per heavy atom. The van der Waals surface area contributed by atoms with Gasteiger partial charge in [0.15, 0.2) is 5.54 Å². The Labute approximate surface area is 133 Å². The summed E-state index contributed by atoms with van der Waals surface area (Å²) in [5.41, 5.74) is 2.42. The maximum absolute atomic E-state index is 11.9. The number of halogens is 1. The van der Waals surface area contributed by atoms with Gasteiger partial charge in [-0.1, -0.05) is 45.8 Å². The molecule has 21 heavy (non-hydrogen) atoms. The van der Waals surface area contributed by atoms with Crippen LogP contribution in [0.5, 0.6) is 0 Å². The average Bonchev–Trinajstić information content (AvgIpc) is 2.38. The first-order valence-corrected chi connectivity index (χ1v) is 7.47. The highest BCUT2D eigenvalue weighted by Crippen LogP contribution is 2.30. The fourth-order valence-corrected chi connectivity index (χ4v) is 2.86. The number of hydrogen-bond acceptors (Lipinski definition) is 2. The Kier molecular flexibility index (Phi) is 4.37. The smallest absolute Gasteiger partial charge is 0.333 e. The highest BCUT2D eigenvalue weighted by atomic mass is 79.9. The van der Waals surface area contributed by atoms with Crippen LogP contribution in [0, 0.1) is 13.8 Å². The maximum atomic E-state index is 11.9. The van der Waals surface area contributed by atoms with Crippen molar-refractivity contribution in [3.8, 4) is 0 Å². The summed E-state index contributed by atoms with van der Waals surface area (Å²) in [7, 11) is 0. The van der Waals surface area contributed by atoms with Crippen molar-refractivity contribution in [3.63, 3.8) is 0 Å². The lowest BCUT2D eigenvalue weighted by Crippen LogP contribution is -2.41. The molecule has 4 heteroatoms. The molecule has 3 nitrogen and oxygen atoms in total. The van der Waals surface area contributed by atoms with Gasteiger partial charge in [-0.15, -0.1) is 0 Å². The van der Waals surface area contributed by atoms with Crippen molar-refractivity contribution >= 4 is 27.6 Å². The van der Waals surface area contributed by atoms with E-state index in [1.807, 2.05) is 56.3 Å². The number of aliphatic carboxylic acids is 1. The summed E-state index contributed by atoms with van der Waals surface area (Å²) in [6, 6.07) is 13.3. The number of hydrogen-bond donors (Lipinski definition) is 2. The van der Waals surface area contributed by atoms with E-state index in [-0.39, 0.29) is 0 Å². The number of carboxylic acid groups (broad SMARTS) is 1. The van der Waals surface area contributed by atoms with E-state index >= 15 is 0 Å². The zero-order chi connectivity index (χ0) is 15.6. The summed E-state index contributed by atoms with van der Waals surface area (Å²) in [5, 5.41) is 12.9. The second-order valence-electron chi connectivity index (χ2n) is 5.38. The van der Waals surface area contributed by atoms with Crippen molar-refractivity contribution in [3.05, 3.63) is 63.6 Å². The third kappa shape index (κ3) is 3.27. The minimum atomic E-state index is -1.18. The molecule has 2 aromatic rings. The van der Waals surface area contributed by atoms with Gasteiger partial charge in [0, 0.05) is 10.2 Å². The van der Waals surface area contributed by atoms with Crippen LogP contribution < -0.4 is 5.32 Å². The first-order chi connectivity index (χ1) is 9.83. The number of nitrogens with one attached hydrogen (secondary N) is 1. The van der Waals surface area contributed by atoms with Gasteiger partial charge in [0.1, 0.15) is 0 Å². The van der Waals surface area contributed by atoms with E-state index in [9.17, 15) is 9.90 Å². The molecule has 0 aromatic heterocycles. The lowest BCUT2D eigenvalue weighted by Gasteiger charge is -2.29. The number of benzene rings is 2. The maximum Gasteiger partial charge on any atom is 0.333 e. The van der Waals surface area contributed by atoms with Crippen LogP contribution >= 0.6 is 15.9 Å². The second kappa shape index (κ2) is 5.90. The standard InChI is InChI=1S/C17H18BrNO2/c1-11-7-8-15(12(2)9-11)17(3,16(20)21)19-14-6-4-5-13(18)10-14/h4-10,19H,1-3H3,(H,20,21). The van der Waals surface area contributed by atoms with Crippen molar-refractivity contribution in [2.75, 3.05) is 5.32 Å². The number of aryl methyl sites for hydroxylation is 2. The van der Waals surface area contributed by atoms with Gasteiger partial charge in [-0.2, -0.15) is 0 Å². The van der Waals surface area contributed by atoms with E-state index in [4.69, 9.17) is 0 Å². The molecule has 0 spiro atoms. The first-order valence-electron chi connectivity index (χ1n) is 6.68. The Balaban J connectivity index is 2.48. The van der Waals surface area contributed by atoms with Gasteiger partial charge in [0.25, 0.3) is 0 Å². The SMILES string of the molecule is Cc1ccc(C(C)(Nc2cccc(Br)c2)C(=O)O)c(C)c1. The highest BCUT2D eigenvalue weighted by molar-refractivity contribution is 9.10. The molecule has 0 aliphatic carbocycles. The molecular formula is C17H18BrNO2. The average molecular weight is 348 g/mol. The molecule has 0 aliphatic rings. The molecule has 2 aromatic carbocycles. The molecule has 0 bridgehead atoms. The van der Waals surface area contributed by atoms with Crippen LogP contribution in [-0.2, 0) is 10.3 Å². The van der Waals surface area contributed by atoms with E-state index in [1.54, 1.807) is 6.92 Å². The van der Waals surface area contributed by atoms with E-state index in [1.165, 1.54) is 0 Å². The van der Waals surface area contributed by atoms with E-state index in [2.05, 4.69) is 21.2 Å². The molecule has 0 aliphatic heterocycles. The minimum Gasteiger partial charge on any atom is -0.479 e. The summed E-state index contributed by atoms with van der Waals surface area (Å²) in [4.78, 5) is 11.9. The first kappa shape index (κ1) is 15.6. The number of carbonyl (C=O) groups is 1. The molecular weight excluding hydrogens is 330 g/mol.